The molecule has 0 aliphatic carbocycles. The fraction of sp³-hybridized carbons (Fsp3) is 0.125. The summed E-state index contributed by atoms with van der Waals surface area (Å²) < 4.78 is 0. The average molecular weight is 193 g/mol. The molecule has 0 unspecified atom stereocenters. The standard InChI is InChI=1S/C8H7N3OS/c9-4-3-8(12)11-10-6-7-2-1-5-13-7/h1-2,5-6H,3H2,(H,11,12)/b10-6+. The lowest BCUT2D eigenvalue weighted by Crippen LogP contribution is -2.15. The van der Waals surface area contributed by atoms with Crippen molar-refractivity contribution in [2.24, 2.45) is 5.10 Å². The molecule has 0 aliphatic heterocycles. The first-order chi connectivity index (χ1) is 6.33. The molecule has 0 fully saturated rings. The lowest BCUT2D eigenvalue weighted by Gasteiger charge is -1.90. The number of nitrogens with zero attached hydrogens (tertiary/aromatic N) is 2. The predicted molar refractivity (Wildman–Crippen MR) is 50.3 cm³/mol. The van der Waals surface area contributed by atoms with Gasteiger partial charge in [0.15, 0.2) is 0 Å². The first kappa shape index (κ1) is 9.42. The Balaban J connectivity index is 2.35. The molecule has 0 aromatic carbocycles. The van der Waals surface area contributed by atoms with E-state index in [0.29, 0.717) is 0 Å². The van der Waals surface area contributed by atoms with Gasteiger partial charge in [0.25, 0.3) is 5.91 Å². The Hall–Kier alpha value is -1.67. The van der Waals surface area contributed by atoms with Crippen LogP contribution in [0.5, 0.6) is 0 Å². The average Bonchev–Trinajstić information content (AvgIpc) is 2.57. The summed E-state index contributed by atoms with van der Waals surface area (Å²) in [5.74, 6) is -0.393. The number of amides is 1. The third-order valence-corrected chi connectivity index (χ3v) is 1.97. The lowest BCUT2D eigenvalue weighted by atomic mass is 10.5. The maximum Gasteiger partial charge on any atom is 0.254 e. The van der Waals surface area contributed by atoms with Crippen LogP contribution in [0.25, 0.3) is 0 Å². The van der Waals surface area contributed by atoms with Gasteiger partial charge < -0.3 is 0 Å². The Morgan fingerprint density at radius 1 is 1.85 bits per heavy atom. The van der Waals surface area contributed by atoms with E-state index in [9.17, 15) is 4.79 Å². The molecule has 0 atom stereocenters. The highest BCUT2D eigenvalue weighted by molar-refractivity contribution is 7.11. The van der Waals surface area contributed by atoms with Crippen molar-refractivity contribution in [3.05, 3.63) is 22.4 Å². The minimum atomic E-state index is -0.393. The zero-order chi connectivity index (χ0) is 9.52. The van der Waals surface area contributed by atoms with E-state index in [4.69, 9.17) is 5.26 Å². The van der Waals surface area contributed by atoms with Crippen molar-refractivity contribution in [2.75, 3.05) is 0 Å². The van der Waals surface area contributed by atoms with Crippen LogP contribution in [0.15, 0.2) is 22.6 Å². The summed E-state index contributed by atoms with van der Waals surface area (Å²) in [6.45, 7) is 0. The number of carbonyl (C=O) groups excluding carboxylic acids is 1. The fourth-order valence-corrected chi connectivity index (χ4v) is 1.23. The van der Waals surface area contributed by atoms with Gasteiger partial charge in [-0.3, -0.25) is 4.79 Å². The van der Waals surface area contributed by atoms with E-state index in [1.807, 2.05) is 17.5 Å². The van der Waals surface area contributed by atoms with Crippen LogP contribution in [0.4, 0.5) is 0 Å². The minimum absolute atomic E-state index is 0.165. The van der Waals surface area contributed by atoms with Crippen molar-refractivity contribution in [3.8, 4) is 6.07 Å². The van der Waals surface area contributed by atoms with Crippen molar-refractivity contribution in [1.29, 1.82) is 5.26 Å². The van der Waals surface area contributed by atoms with Crippen molar-refractivity contribution in [2.45, 2.75) is 6.42 Å². The largest absolute Gasteiger partial charge is 0.272 e. The molecule has 13 heavy (non-hydrogen) atoms. The van der Waals surface area contributed by atoms with Crippen molar-refractivity contribution in [3.63, 3.8) is 0 Å². The number of rotatable bonds is 3. The monoisotopic (exact) mass is 193 g/mol. The number of nitrogens with one attached hydrogen (secondary N) is 1. The second-order valence-electron chi connectivity index (χ2n) is 2.14. The molecule has 1 amide bonds. The molecule has 0 spiro atoms. The third kappa shape index (κ3) is 3.49. The topological polar surface area (TPSA) is 65.2 Å². The van der Waals surface area contributed by atoms with E-state index < -0.39 is 5.91 Å². The van der Waals surface area contributed by atoms with Gasteiger partial charge in [0, 0.05) is 4.88 Å². The van der Waals surface area contributed by atoms with Gasteiger partial charge in [0.05, 0.1) is 12.3 Å². The number of carbonyl (C=O) groups is 1. The van der Waals surface area contributed by atoms with Crippen LogP contribution in [0.3, 0.4) is 0 Å². The summed E-state index contributed by atoms with van der Waals surface area (Å²) in [7, 11) is 0. The quantitative estimate of drug-likeness (QED) is 0.577. The van der Waals surface area contributed by atoms with Crippen LogP contribution >= 0.6 is 11.3 Å². The van der Waals surface area contributed by atoms with Gasteiger partial charge >= 0.3 is 0 Å². The Morgan fingerprint density at radius 2 is 2.69 bits per heavy atom. The van der Waals surface area contributed by atoms with Gasteiger partial charge in [-0.2, -0.15) is 10.4 Å². The molecule has 1 aromatic heterocycles. The van der Waals surface area contributed by atoms with Crippen molar-refractivity contribution in [1.82, 2.24) is 5.43 Å². The van der Waals surface area contributed by atoms with E-state index in [-0.39, 0.29) is 6.42 Å². The summed E-state index contributed by atoms with van der Waals surface area (Å²) >= 11 is 1.52. The zero-order valence-electron chi connectivity index (χ0n) is 6.73. The molecule has 66 valence electrons. The summed E-state index contributed by atoms with van der Waals surface area (Å²) in [5, 5.41) is 13.7. The zero-order valence-corrected chi connectivity index (χ0v) is 7.54. The van der Waals surface area contributed by atoms with Crippen LogP contribution in [0.1, 0.15) is 11.3 Å². The Bertz CT molecular complexity index is 337. The van der Waals surface area contributed by atoms with Crippen LogP contribution in [0.2, 0.25) is 0 Å². The predicted octanol–water partition coefficient (Wildman–Crippen LogP) is 1.11. The van der Waals surface area contributed by atoms with E-state index >= 15 is 0 Å². The summed E-state index contributed by atoms with van der Waals surface area (Å²) in [6.07, 6.45) is 1.38. The van der Waals surface area contributed by atoms with Crippen molar-refractivity contribution < 1.29 is 4.79 Å². The second kappa shape index (κ2) is 5.06. The Morgan fingerprint density at radius 3 is 3.31 bits per heavy atom. The number of hydrogen-bond donors (Lipinski definition) is 1. The summed E-state index contributed by atoms with van der Waals surface area (Å²) in [6, 6.07) is 5.50. The molecule has 0 aliphatic rings. The molecule has 0 saturated heterocycles. The van der Waals surface area contributed by atoms with Crippen LogP contribution < -0.4 is 5.43 Å². The number of hydrogen-bond acceptors (Lipinski definition) is 4. The molecule has 0 bridgehead atoms. The van der Waals surface area contributed by atoms with E-state index in [1.54, 1.807) is 12.3 Å². The van der Waals surface area contributed by atoms with Crippen LogP contribution in [0, 0.1) is 11.3 Å². The van der Waals surface area contributed by atoms with Gasteiger partial charge in [0.2, 0.25) is 0 Å². The molecule has 1 heterocycles. The summed E-state index contributed by atoms with van der Waals surface area (Å²) in [4.78, 5) is 11.7. The number of nitriles is 1. The molecule has 0 saturated carbocycles. The number of hydrazone groups is 1. The number of thiophene rings is 1. The normalized spacial score (nSPS) is 9.77. The smallest absolute Gasteiger partial charge is 0.254 e. The lowest BCUT2D eigenvalue weighted by molar-refractivity contribution is -0.120. The molecule has 5 heteroatoms. The highest BCUT2D eigenvalue weighted by Crippen LogP contribution is 2.03. The summed E-state index contributed by atoms with van der Waals surface area (Å²) in [5.41, 5.74) is 2.24. The van der Waals surface area contributed by atoms with Gasteiger partial charge in [-0.15, -0.1) is 11.3 Å². The van der Waals surface area contributed by atoms with Gasteiger partial charge in [-0.1, -0.05) is 6.07 Å². The highest BCUT2D eigenvalue weighted by atomic mass is 32.1. The van der Waals surface area contributed by atoms with E-state index in [1.165, 1.54) is 11.3 Å². The molecular weight excluding hydrogens is 186 g/mol. The second-order valence-corrected chi connectivity index (χ2v) is 3.12. The Labute approximate surface area is 79.5 Å². The van der Waals surface area contributed by atoms with E-state index in [2.05, 4.69) is 10.5 Å². The first-order valence-corrected chi connectivity index (χ1v) is 4.43. The molecule has 1 rings (SSSR count). The van der Waals surface area contributed by atoms with E-state index in [0.717, 1.165) is 4.88 Å². The molecule has 1 N–H and O–H groups in total. The minimum Gasteiger partial charge on any atom is -0.272 e. The van der Waals surface area contributed by atoms with Gasteiger partial charge in [0.1, 0.15) is 6.42 Å². The third-order valence-electron chi connectivity index (χ3n) is 1.16. The maximum absolute atomic E-state index is 10.7. The fourth-order valence-electron chi connectivity index (χ4n) is 0.644. The highest BCUT2D eigenvalue weighted by Gasteiger charge is 1.95. The van der Waals surface area contributed by atoms with Crippen molar-refractivity contribution >= 4 is 23.5 Å². The molecular formula is C8H7N3OS. The van der Waals surface area contributed by atoms with Crippen LogP contribution in [-0.2, 0) is 4.79 Å². The van der Waals surface area contributed by atoms with Crippen LogP contribution in [-0.4, -0.2) is 12.1 Å². The van der Waals surface area contributed by atoms with Gasteiger partial charge in [-0.25, -0.2) is 5.43 Å². The first-order valence-electron chi connectivity index (χ1n) is 3.55. The Kier molecular flexibility index (Phi) is 3.67. The molecule has 1 aromatic rings. The maximum atomic E-state index is 10.7. The molecule has 0 radical (unpaired) electrons. The molecule has 4 nitrogen and oxygen atoms in total. The van der Waals surface area contributed by atoms with Gasteiger partial charge in [-0.05, 0) is 11.4 Å². The SMILES string of the molecule is N#CCC(=O)N/N=C/c1cccs1.